The predicted molar refractivity (Wildman–Crippen MR) is 93.5 cm³/mol. The molecule has 0 radical (unpaired) electrons. The van der Waals surface area contributed by atoms with Crippen LogP contribution in [0.15, 0.2) is 30.3 Å². The molecule has 132 valence electrons. The van der Waals surface area contributed by atoms with Gasteiger partial charge in [-0.3, -0.25) is 19.3 Å². The van der Waals surface area contributed by atoms with Crippen LogP contribution in [-0.2, 0) is 20.8 Å². The third kappa shape index (κ3) is 7.87. The second kappa shape index (κ2) is 9.82. The van der Waals surface area contributed by atoms with Crippen LogP contribution in [0, 0.1) is 0 Å². The minimum Gasteiger partial charge on any atom is -0.353 e. The third-order valence-corrected chi connectivity index (χ3v) is 3.39. The van der Waals surface area contributed by atoms with Crippen LogP contribution in [0.25, 0.3) is 0 Å². The summed E-state index contributed by atoms with van der Waals surface area (Å²) < 4.78 is 0. The number of likely N-dealkylation sites (N-methyl/N-ethyl adjacent to an activating group) is 1. The molecule has 2 N–H and O–H groups in total. The SMILES string of the molecule is CC(=O)[C@@H](Cc1ccccc1)NC(=O)CN(C)CC(=O)NC(C)C. The average molecular weight is 333 g/mol. The summed E-state index contributed by atoms with van der Waals surface area (Å²) in [5, 5.41) is 5.52. The van der Waals surface area contributed by atoms with Gasteiger partial charge >= 0.3 is 0 Å². The summed E-state index contributed by atoms with van der Waals surface area (Å²) in [4.78, 5) is 37.2. The first-order chi connectivity index (χ1) is 11.3. The lowest BCUT2D eigenvalue weighted by Gasteiger charge is -2.20. The van der Waals surface area contributed by atoms with Gasteiger partial charge in [-0.1, -0.05) is 30.3 Å². The molecule has 0 saturated heterocycles. The van der Waals surface area contributed by atoms with Crippen molar-refractivity contribution in [2.45, 2.75) is 39.3 Å². The van der Waals surface area contributed by atoms with E-state index in [1.54, 1.807) is 11.9 Å². The normalized spacial score (nSPS) is 12.1. The molecule has 2 amide bonds. The number of amides is 2. The molecule has 0 aliphatic carbocycles. The van der Waals surface area contributed by atoms with Gasteiger partial charge in [-0.25, -0.2) is 0 Å². The first-order valence-corrected chi connectivity index (χ1v) is 8.09. The van der Waals surface area contributed by atoms with E-state index >= 15 is 0 Å². The van der Waals surface area contributed by atoms with Gasteiger partial charge in [0.25, 0.3) is 0 Å². The largest absolute Gasteiger partial charge is 0.353 e. The van der Waals surface area contributed by atoms with Crippen LogP contribution in [0.2, 0.25) is 0 Å². The molecule has 1 atom stereocenters. The van der Waals surface area contributed by atoms with Crippen molar-refractivity contribution >= 4 is 17.6 Å². The molecular formula is C18H27N3O3. The highest BCUT2D eigenvalue weighted by Gasteiger charge is 2.19. The van der Waals surface area contributed by atoms with Crippen molar-refractivity contribution in [3.8, 4) is 0 Å². The molecule has 0 aliphatic heterocycles. The number of carbonyl (C=O) groups excluding carboxylic acids is 3. The maximum atomic E-state index is 12.1. The summed E-state index contributed by atoms with van der Waals surface area (Å²) in [6, 6.07) is 9.05. The zero-order chi connectivity index (χ0) is 18.1. The monoisotopic (exact) mass is 333 g/mol. The molecule has 6 nitrogen and oxygen atoms in total. The van der Waals surface area contributed by atoms with E-state index < -0.39 is 6.04 Å². The Balaban J connectivity index is 2.50. The van der Waals surface area contributed by atoms with Gasteiger partial charge in [0.15, 0.2) is 5.78 Å². The fraction of sp³-hybridized carbons (Fsp3) is 0.500. The summed E-state index contributed by atoms with van der Waals surface area (Å²) in [6.07, 6.45) is 0.458. The van der Waals surface area contributed by atoms with Crippen LogP contribution >= 0.6 is 0 Å². The zero-order valence-electron chi connectivity index (χ0n) is 14.8. The number of Topliss-reactive ketones (excluding diaryl/α,β-unsaturated/α-hetero) is 1. The van der Waals surface area contributed by atoms with E-state index in [1.165, 1.54) is 6.92 Å². The van der Waals surface area contributed by atoms with Crippen LogP contribution < -0.4 is 10.6 Å². The summed E-state index contributed by atoms with van der Waals surface area (Å²) in [7, 11) is 1.69. The van der Waals surface area contributed by atoms with Crippen molar-refractivity contribution in [3.63, 3.8) is 0 Å². The number of hydrogen-bond donors (Lipinski definition) is 2. The van der Waals surface area contributed by atoms with Crippen LogP contribution in [-0.4, -0.2) is 54.7 Å². The molecule has 0 saturated carbocycles. The van der Waals surface area contributed by atoms with Gasteiger partial charge in [0.2, 0.25) is 11.8 Å². The van der Waals surface area contributed by atoms with E-state index in [0.29, 0.717) is 6.42 Å². The van der Waals surface area contributed by atoms with E-state index in [9.17, 15) is 14.4 Å². The molecule has 0 fully saturated rings. The molecule has 0 aromatic heterocycles. The van der Waals surface area contributed by atoms with Crippen LogP contribution in [0.4, 0.5) is 0 Å². The number of hydrogen-bond acceptors (Lipinski definition) is 4. The number of rotatable bonds is 9. The van der Waals surface area contributed by atoms with Gasteiger partial charge < -0.3 is 10.6 Å². The van der Waals surface area contributed by atoms with Crippen molar-refractivity contribution in [1.82, 2.24) is 15.5 Å². The maximum Gasteiger partial charge on any atom is 0.234 e. The highest BCUT2D eigenvalue weighted by Crippen LogP contribution is 2.04. The molecule has 0 bridgehead atoms. The molecule has 6 heteroatoms. The fourth-order valence-corrected chi connectivity index (χ4v) is 2.30. The summed E-state index contributed by atoms with van der Waals surface area (Å²) in [6.45, 7) is 5.42. The summed E-state index contributed by atoms with van der Waals surface area (Å²) >= 11 is 0. The number of benzene rings is 1. The topological polar surface area (TPSA) is 78.5 Å². The lowest BCUT2D eigenvalue weighted by molar-refractivity contribution is -0.128. The van der Waals surface area contributed by atoms with E-state index in [-0.39, 0.29) is 36.7 Å². The Bertz CT molecular complexity index is 558. The average Bonchev–Trinajstić information content (AvgIpc) is 2.46. The smallest absolute Gasteiger partial charge is 0.234 e. The predicted octanol–water partition coefficient (Wildman–Crippen LogP) is 0.759. The quantitative estimate of drug-likeness (QED) is 0.699. The Kier molecular flexibility index (Phi) is 8.12. The number of carbonyl (C=O) groups is 3. The molecule has 1 rings (SSSR count). The third-order valence-electron chi connectivity index (χ3n) is 3.39. The second-order valence-electron chi connectivity index (χ2n) is 6.31. The van der Waals surface area contributed by atoms with Crippen LogP contribution in [0.5, 0.6) is 0 Å². The van der Waals surface area contributed by atoms with E-state index in [4.69, 9.17) is 0 Å². The Labute approximate surface area is 143 Å². The molecule has 1 aromatic rings. The van der Waals surface area contributed by atoms with Crippen LogP contribution in [0.1, 0.15) is 26.3 Å². The van der Waals surface area contributed by atoms with Gasteiger partial charge in [0.1, 0.15) is 0 Å². The van der Waals surface area contributed by atoms with Crippen molar-refractivity contribution in [3.05, 3.63) is 35.9 Å². The Morgan fingerprint density at radius 3 is 2.04 bits per heavy atom. The highest BCUT2D eigenvalue weighted by atomic mass is 16.2. The Morgan fingerprint density at radius 1 is 1.00 bits per heavy atom. The first kappa shape index (κ1) is 19.8. The number of ketones is 1. The van der Waals surface area contributed by atoms with E-state index in [2.05, 4.69) is 10.6 Å². The summed E-state index contributed by atoms with van der Waals surface area (Å²) in [5.41, 5.74) is 0.989. The van der Waals surface area contributed by atoms with E-state index in [0.717, 1.165) is 5.56 Å². The lowest BCUT2D eigenvalue weighted by Crippen LogP contribution is -2.47. The molecule has 0 aliphatic rings. The molecule has 0 unspecified atom stereocenters. The Morgan fingerprint density at radius 2 is 1.54 bits per heavy atom. The van der Waals surface area contributed by atoms with Gasteiger partial charge in [0, 0.05) is 6.04 Å². The fourth-order valence-electron chi connectivity index (χ4n) is 2.30. The molecular weight excluding hydrogens is 306 g/mol. The standard InChI is InChI=1S/C18H27N3O3/c1-13(2)19-17(23)11-21(4)12-18(24)20-16(14(3)22)10-15-8-6-5-7-9-15/h5-9,13,16H,10-12H2,1-4H3,(H,19,23)(H,20,24)/t16-/m1/s1. The zero-order valence-corrected chi connectivity index (χ0v) is 14.8. The molecule has 0 spiro atoms. The van der Waals surface area contributed by atoms with Crippen molar-refractivity contribution in [2.75, 3.05) is 20.1 Å². The number of nitrogens with one attached hydrogen (secondary N) is 2. The van der Waals surface area contributed by atoms with Crippen molar-refractivity contribution in [2.24, 2.45) is 0 Å². The van der Waals surface area contributed by atoms with Crippen molar-refractivity contribution < 1.29 is 14.4 Å². The maximum absolute atomic E-state index is 12.1. The highest BCUT2D eigenvalue weighted by molar-refractivity contribution is 5.88. The van der Waals surface area contributed by atoms with Gasteiger partial charge in [-0.05, 0) is 39.8 Å². The van der Waals surface area contributed by atoms with Gasteiger partial charge in [0.05, 0.1) is 19.1 Å². The Hall–Kier alpha value is -2.21. The first-order valence-electron chi connectivity index (χ1n) is 8.09. The van der Waals surface area contributed by atoms with Crippen molar-refractivity contribution in [1.29, 1.82) is 0 Å². The molecule has 1 aromatic carbocycles. The second-order valence-corrected chi connectivity index (χ2v) is 6.31. The number of nitrogens with zero attached hydrogens (tertiary/aromatic N) is 1. The minimum absolute atomic E-state index is 0.0596. The van der Waals surface area contributed by atoms with Gasteiger partial charge in [-0.2, -0.15) is 0 Å². The minimum atomic E-state index is -0.558. The van der Waals surface area contributed by atoms with Gasteiger partial charge in [-0.15, -0.1) is 0 Å². The van der Waals surface area contributed by atoms with Crippen LogP contribution in [0.3, 0.4) is 0 Å². The molecule has 24 heavy (non-hydrogen) atoms. The van der Waals surface area contributed by atoms with E-state index in [1.807, 2.05) is 44.2 Å². The lowest BCUT2D eigenvalue weighted by atomic mass is 10.0. The molecule has 0 heterocycles. The summed E-state index contributed by atoms with van der Waals surface area (Å²) in [5.74, 6) is -0.494.